The topological polar surface area (TPSA) is 51.6 Å². The summed E-state index contributed by atoms with van der Waals surface area (Å²) in [6.07, 6.45) is 0. The van der Waals surface area contributed by atoms with E-state index in [0.29, 0.717) is 17.5 Å². The average molecular weight is 725 g/mol. The van der Waals surface area contributed by atoms with Gasteiger partial charge in [0.1, 0.15) is 5.01 Å². The molecule has 0 aliphatic carbocycles. The summed E-state index contributed by atoms with van der Waals surface area (Å²) in [4.78, 5) is 20.9. The number of aromatic nitrogens is 4. The number of nitrogens with zero attached hydrogens (tertiary/aromatic N) is 4. The lowest BCUT2D eigenvalue weighted by Gasteiger charge is -2.13. The Morgan fingerprint density at radius 1 is 0.333 bits per heavy atom. The molecule has 0 aliphatic rings. The fraction of sp³-hybridized carbons (Fsp3) is 0. The Kier molecular flexibility index (Phi) is 7.18. The predicted octanol–water partition coefficient (Wildman–Crippen LogP) is 13.5. The van der Waals surface area contributed by atoms with E-state index in [2.05, 4.69) is 164 Å². The summed E-state index contributed by atoms with van der Waals surface area (Å²) >= 11 is 3.54. The summed E-state index contributed by atoms with van der Waals surface area (Å²) in [5.74, 6) is 1.92. The summed E-state index contributed by atoms with van der Waals surface area (Å²) in [6, 6.07) is 59.8. The van der Waals surface area contributed by atoms with Gasteiger partial charge in [0.25, 0.3) is 0 Å². The summed E-state index contributed by atoms with van der Waals surface area (Å²) in [6.45, 7) is 0. The van der Waals surface area contributed by atoms with Crippen LogP contribution in [0.25, 0.3) is 108 Å². The number of thiazole rings is 1. The molecule has 0 N–H and O–H groups in total. The normalized spacial score (nSPS) is 11.7. The predicted molar refractivity (Wildman–Crippen MR) is 228 cm³/mol. The van der Waals surface area contributed by atoms with Crippen molar-refractivity contribution < 1.29 is 0 Å². The molecule has 0 saturated heterocycles. The quantitative estimate of drug-likeness (QED) is 0.177. The molecule has 0 unspecified atom stereocenters. The van der Waals surface area contributed by atoms with Gasteiger partial charge in [0.15, 0.2) is 17.5 Å². The van der Waals surface area contributed by atoms with Crippen LogP contribution in [0.4, 0.5) is 0 Å². The highest BCUT2D eigenvalue weighted by atomic mass is 32.1. The van der Waals surface area contributed by atoms with E-state index in [1.807, 2.05) is 6.07 Å². The molecular weight excluding hydrogens is 697 g/mol. The molecule has 0 aliphatic heterocycles. The average Bonchev–Trinajstić information content (AvgIpc) is 3.83. The molecule has 54 heavy (non-hydrogen) atoms. The van der Waals surface area contributed by atoms with Gasteiger partial charge in [-0.05, 0) is 69.1 Å². The molecule has 6 heteroatoms. The molecule has 252 valence electrons. The SMILES string of the molecule is c1ccc(-c2nc3cc4c(cc3s2)sc2cccc(-c3nc(-c5ccc6ccccc6c5)nc(-c5cc(-c6ccccc6)c6ccccc6c5)n3)c24)cc1. The van der Waals surface area contributed by atoms with Crippen LogP contribution in [0.15, 0.2) is 170 Å². The second-order valence-electron chi connectivity index (χ2n) is 13.5. The number of hydrogen-bond donors (Lipinski definition) is 0. The molecular formula is C48H28N4S2. The summed E-state index contributed by atoms with van der Waals surface area (Å²) in [7, 11) is 0. The van der Waals surface area contributed by atoms with Crippen molar-refractivity contribution in [3.63, 3.8) is 0 Å². The van der Waals surface area contributed by atoms with Crippen LogP contribution in [0.5, 0.6) is 0 Å². The minimum absolute atomic E-state index is 0.636. The van der Waals surface area contributed by atoms with Crippen LogP contribution in [0, 0.1) is 0 Å². The number of rotatable bonds is 5. The van der Waals surface area contributed by atoms with Crippen LogP contribution < -0.4 is 0 Å². The fourth-order valence-corrected chi connectivity index (χ4v) is 9.74. The summed E-state index contributed by atoms with van der Waals surface area (Å²) in [5, 5.41) is 7.97. The summed E-state index contributed by atoms with van der Waals surface area (Å²) < 4.78 is 3.59. The number of benzene rings is 8. The first-order valence-electron chi connectivity index (χ1n) is 17.9. The monoisotopic (exact) mass is 724 g/mol. The zero-order valence-electron chi connectivity index (χ0n) is 28.8. The van der Waals surface area contributed by atoms with Gasteiger partial charge in [-0.25, -0.2) is 19.9 Å². The first-order valence-corrected chi connectivity index (χ1v) is 19.5. The maximum absolute atomic E-state index is 5.31. The Balaban J connectivity index is 1.15. The molecule has 0 saturated carbocycles. The molecule has 0 spiro atoms. The van der Waals surface area contributed by atoms with Crippen LogP contribution in [0.3, 0.4) is 0 Å². The van der Waals surface area contributed by atoms with Crippen molar-refractivity contribution in [2.75, 3.05) is 0 Å². The second kappa shape index (κ2) is 12.5. The van der Waals surface area contributed by atoms with Gasteiger partial charge in [-0.15, -0.1) is 22.7 Å². The Bertz CT molecular complexity index is 3220. The molecule has 4 nitrogen and oxygen atoms in total. The smallest absolute Gasteiger partial charge is 0.164 e. The van der Waals surface area contributed by atoms with Crippen molar-refractivity contribution in [3.8, 4) is 55.9 Å². The van der Waals surface area contributed by atoms with Crippen LogP contribution in [0.1, 0.15) is 0 Å². The van der Waals surface area contributed by atoms with Crippen LogP contribution >= 0.6 is 22.7 Å². The molecule has 0 amide bonds. The van der Waals surface area contributed by atoms with Crippen LogP contribution in [-0.4, -0.2) is 19.9 Å². The number of thiophene rings is 1. The van der Waals surface area contributed by atoms with Crippen molar-refractivity contribution >= 4 is 74.6 Å². The van der Waals surface area contributed by atoms with Crippen LogP contribution in [0.2, 0.25) is 0 Å². The van der Waals surface area contributed by atoms with Gasteiger partial charge in [-0.3, -0.25) is 0 Å². The first kappa shape index (κ1) is 31.0. The lowest BCUT2D eigenvalue weighted by Crippen LogP contribution is -2.01. The standard InChI is InChI=1S/C48H28N4S2/c1-3-13-30(14-4-1)38-26-35(25-33-18-9-10-19-36(33)38)46-50-45(34-23-22-29-12-7-8-17-32(29)24-34)51-47(52-46)37-20-11-21-41-44(37)39-27-40-43(28-42(39)53-41)54-48(49-40)31-15-5-2-6-16-31/h1-28H. The minimum Gasteiger partial charge on any atom is -0.236 e. The molecule has 0 radical (unpaired) electrons. The zero-order valence-corrected chi connectivity index (χ0v) is 30.4. The van der Waals surface area contributed by atoms with Crippen molar-refractivity contribution in [3.05, 3.63) is 170 Å². The molecule has 11 aromatic rings. The van der Waals surface area contributed by atoms with Gasteiger partial charge in [0, 0.05) is 42.4 Å². The zero-order chi connectivity index (χ0) is 35.6. The van der Waals surface area contributed by atoms with Crippen LogP contribution in [-0.2, 0) is 0 Å². The minimum atomic E-state index is 0.636. The second-order valence-corrected chi connectivity index (χ2v) is 15.6. The van der Waals surface area contributed by atoms with E-state index < -0.39 is 0 Å². The first-order chi connectivity index (χ1) is 26.7. The van der Waals surface area contributed by atoms with E-state index >= 15 is 0 Å². The van der Waals surface area contributed by atoms with E-state index in [9.17, 15) is 0 Å². The number of hydrogen-bond acceptors (Lipinski definition) is 6. The largest absolute Gasteiger partial charge is 0.236 e. The van der Waals surface area contributed by atoms with E-state index in [0.717, 1.165) is 65.4 Å². The van der Waals surface area contributed by atoms with Gasteiger partial charge < -0.3 is 0 Å². The maximum atomic E-state index is 5.31. The van der Waals surface area contributed by atoms with Crippen molar-refractivity contribution in [2.24, 2.45) is 0 Å². The van der Waals surface area contributed by atoms with E-state index in [1.54, 1.807) is 22.7 Å². The molecule has 3 aromatic heterocycles. The molecule has 0 bridgehead atoms. The molecule has 8 aromatic carbocycles. The molecule has 11 rings (SSSR count). The van der Waals surface area contributed by atoms with E-state index in [4.69, 9.17) is 19.9 Å². The van der Waals surface area contributed by atoms with Crippen molar-refractivity contribution in [1.29, 1.82) is 0 Å². The third-order valence-electron chi connectivity index (χ3n) is 10.1. The third-order valence-corrected chi connectivity index (χ3v) is 12.3. The Labute approximate surface area is 318 Å². The lowest BCUT2D eigenvalue weighted by atomic mass is 9.95. The molecule has 0 atom stereocenters. The highest BCUT2D eigenvalue weighted by Crippen LogP contribution is 2.43. The van der Waals surface area contributed by atoms with Gasteiger partial charge in [-0.1, -0.05) is 133 Å². The van der Waals surface area contributed by atoms with Gasteiger partial charge in [-0.2, -0.15) is 0 Å². The Morgan fingerprint density at radius 2 is 1.02 bits per heavy atom. The highest BCUT2D eigenvalue weighted by Gasteiger charge is 2.19. The fourth-order valence-electron chi connectivity index (χ4n) is 7.52. The van der Waals surface area contributed by atoms with E-state index in [-0.39, 0.29) is 0 Å². The van der Waals surface area contributed by atoms with Gasteiger partial charge in [0.2, 0.25) is 0 Å². The van der Waals surface area contributed by atoms with Gasteiger partial charge in [0.05, 0.1) is 10.2 Å². The molecule has 0 fully saturated rings. The highest BCUT2D eigenvalue weighted by molar-refractivity contribution is 7.26. The van der Waals surface area contributed by atoms with Crippen molar-refractivity contribution in [1.82, 2.24) is 19.9 Å². The van der Waals surface area contributed by atoms with Gasteiger partial charge >= 0.3 is 0 Å². The third kappa shape index (κ3) is 5.26. The Morgan fingerprint density at radius 3 is 1.85 bits per heavy atom. The number of fused-ring (bicyclic) bond motifs is 6. The Hall–Kier alpha value is -6.60. The maximum Gasteiger partial charge on any atom is 0.164 e. The summed E-state index contributed by atoms with van der Waals surface area (Å²) in [5.41, 5.74) is 7.30. The van der Waals surface area contributed by atoms with Crippen molar-refractivity contribution in [2.45, 2.75) is 0 Å². The molecule has 3 heterocycles. The lowest BCUT2D eigenvalue weighted by molar-refractivity contribution is 1.08. The van der Waals surface area contributed by atoms with E-state index in [1.165, 1.54) is 24.9 Å².